The first kappa shape index (κ1) is 10.8. The molecule has 1 aromatic heterocycles. The monoisotopic (exact) mass is 270 g/mol. The van der Waals surface area contributed by atoms with Crippen LogP contribution in [0.4, 0.5) is 5.82 Å². The maximum Gasteiger partial charge on any atom is 0.144 e. The van der Waals surface area contributed by atoms with Gasteiger partial charge in [-0.2, -0.15) is 0 Å². The van der Waals surface area contributed by atoms with E-state index < -0.39 is 0 Å². The third-order valence-electron chi connectivity index (χ3n) is 2.51. The van der Waals surface area contributed by atoms with E-state index in [9.17, 15) is 0 Å². The summed E-state index contributed by atoms with van der Waals surface area (Å²) in [7, 11) is 0. The Balaban J connectivity index is 1.82. The highest BCUT2D eigenvalue weighted by Crippen LogP contribution is 2.20. The minimum absolute atomic E-state index is 0.530. The van der Waals surface area contributed by atoms with Crippen LogP contribution in [0.15, 0.2) is 17.0 Å². The molecule has 0 spiro atoms. The van der Waals surface area contributed by atoms with Gasteiger partial charge in [-0.15, -0.1) is 0 Å². The van der Waals surface area contributed by atoms with Gasteiger partial charge in [-0.3, -0.25) is 4.90 Å². The molecule has 0 amide bonds. The van der Waals surface area contributed by atoms with E-state index in [1.807, 2.05) is 0 Å². The number of halogens is 1. The topological polar surface area (TPSA) is 41.0 Å². The average molecular weight is 271 g/mol. The zero-order valence-electron chi connectivity index (χ0n) is 8.78. The number of hydrogen-bond acceptors (Lipinski definition) is 4. The van der Waals surface area contributed by atoms with Crippen LogP contribution in [0.2, 0.25) is 0 Å². The van der Waals surface area contributed by atoms with Crippen molar-refractivity contribution in [1.82, 2.24) is 14.9 Å². The molecular formula is C10H15BrN4. The number of nitrogens with zero attached hydrogens (tertiary/aromatic N) is 3. The van der Waals surface area contributed by atoms with Crippen molar-refractivity contribution < 1.29 is 0 Å². The molecule has 0 aromatic carbocycles. The highest BCUT2D eigenvalue weighted by molar-refractivity contribution is 9.10. The van der Waals surface area contributed by atoms with Crippen LogP contribution in [0.5, 0.6) is 0 Å². The Morgan fingerprint density at radius 3 is 3.07 bits per heavy atom. The number of hydrogen-bond donors (Lipinski definition) is 1. The molecule has 1 N–H and O–H groups in total. The second-order valence-corrected chi connectivity index (χ2v) is 4.67. The van der Waals surface area contributed by atoms with Gasteiger partial charge in [-0.05, 0) is 28.9 Å². The third kappa shape index (κ3) is 2.66. The normalized spacial score (nSPS) is 17.5. The van der Waals surface area contributed by atoms with Gasteiger partial charge in [0, 0.05) is 19.3 Å². The first-order valence-corrected chi connectivity index (χ1v) is 6.03. The SMILES string of the molecule is CCCN1CC(Nc2ncncc2Br)C1. The smallest absolute Gasteiger partial charge is 0.144 e. The molecule has 15 heavy (non-hydrogen) atoms. The molecule has 0 saturated carbocycles. The van der Waals surface area contributed by atoms with E-state index >= 15 is 0 Å². The van der Waals surface area contributed by atoms with E-state index in [0.29, 0.717) is 6.04 Å². The summed E-state index contributed by atoms with van der Waals surface area (Å²) in [4.78, 5) is 10.6. The lowest BCUT2D eigenvalue weighted by atomic mass is 10.1. The second kappa shape index (κ2) is 4.90. The quantitative estimate of drug-likeness (QED) is 0.905. The highest BCUT2D eigenvalue weighted by Gasteiger charge is 2.26. The molecule has 0 unspecified atom stereocenters. The minimum atomic E-state index is 0.530. The summed E-state index contributed by atoms with van der Waals surface area (Å²) in [6.07, 6.45) is 4.55. The summed E-state index contributed by atoms with van der Waals surface area (Å²) >= 11 is 3.42. The molecule has 0 radical (unpaired) electrons. The molecule has 4 nitrogen and oxygen atoms in total. The first-order valence-electron chi connectivity index (χ1n) is 5.24. The number of nitrogens with one attached hydrogen (secondary N) is 1. The van der Waals surface area contributed by atoms with Crippen LogP contribution >= 0.6 is 15.9 Å². The van der Waals surface area contributed by atoms with E-state index in [1.54, 1.807) is 12.5 Å². The lowest BCUT2D eigenvalue weighted by Crippen LogP contribution is -2.54. The van der Waals surface area contributed by atoms with E-state index in [1.165, 1.54) is 13.0 Å². The van der Waals surface area contributed by atoms with Crippen LogP contribution in [0.3, 0.4) is 0 Å². The van der Waals surface area contributed by atoms with Crippen LogP contribution in [-0.2, 0) is 0 Å². The lowest BCUT2D eigenvalue weighted by Gasteiger charge is -2.39. The van der Waals surface area contributed by atoms with E-state index in [2.05, 4.69) is 43.0 Å². The Bertz CT molecular complexity index is 325. The number of likely N-dealkylation sites (tertiary alicyclic amines) is 1. The number of rotatable bonds is 4. The van der Waals surface area contributed by atoms with Crippen molar-refractivity contribution in [2.24, 2.45) is 0 Å². The fraction of sp³-hybridized carbons (Fsp3) is 0.600. The van der Waals surface area contributed by atoms with Crippen molar-refractivity contribution in [3.05, 3.63) is 17.0 Å². The van der Waals surface area contributed by atoms with Crippen LogP contribution in [0.25, 0.3) is 0 Å². The first-order chi connectivity index (χ1) is 7.29. The molecular weight excluding hydrogens is 256 g/mol. The standard InChI is InChI=1S/C10H15BrN4/c1-2-3-15-5-8(6-15)14-10-9(11)4-12-7-13-10/h4,7-8H,2-3,5-6H2,1H3,(H,12,13,14). The van der Waals surface area contributed by atoms with Gasteiger partial charge in [0.15, 0.2) is 0 Å². The fourth-order valence-corrected chi connectivity index (χ4v) is 2.11. The molecule has 82 valence electrons. The summed E-state index contributed by atoms with van der Waals surface area (Å²) < 4.78 is 0.930. The Kier molecular flexibility index (Phi) is 3.53. The molecule has 0 aliphatic carbocycles. The van der Waals surface area contributed by atoms with Crippen molar-refractivity contribution >= 4 is 21.7 Å². The van der Waals surface area contributed by atoms with Crippen molar-refractivity contribution in [2.75, 3.05) is 25.0 Å². The molecule has 1 aliphatic heterocycles. The Morgan fingerprint density at radius 2 is 2.40 bits per heavy atom. The van der Waals surface area contributed by atoms with Crippen LogP contribution in [-0.4, -0.2) is 40.5 Å². The van der Waals surface area contributed by atoms with Gasteiger partial charge >= 0.3 is 0 Å². The maximum atomic E-state index is 4.18. The summed E-state index contributed by atoms with van der Waals surface area (Å²) in [6, 6.07) is 0.530. The van der Waals surface area contributed by atoms with Gasteiger partial charge in [-0.1, -0.05) is 6.92 Å². The Labute approximate surface area is 98.2 Å². The zero-order chi connectivity index (χ0) is 10.7. The van der Waals surface area contributed by atoms with Crippen LogP contribution in [0, 0.1) is 0 Å². The van der Waals surface area contributed by atoms with Crippen molar-refractivity contribution in [3.8, 4) is 0 Å². The molecule has 2 heterocycles. The van der Waals surface area contributed by atoms with Crippen molar-refractivity contribution in [3.63, 3.8) is 0 Å². The van der Waals surface area contributed by atoms with Gasteiger partial charge in [0.1, 0.15) is 12.1 Å². The van der Waals surface area contributed by atoms with Gasteiger partial charge in [-0.25, -0.2) is 9.97 Å². The van der Waals surface area contributed by atoms with Crippen LogP contribution < -0.4 is 5.32 Å². The summed E-state index contributed by atoms with van der Waals surface area (Å²) in [5.74, 6) is 0.895. The predicted molar refractivity (Wildman–Crippen MR) is 63.9 cm³/mol. The largest absolute Gasteiger partial charge is 0.364 e. The highest BCUT2D eigenvalue weighted by atomic mass is 79.9. The van der Waals surface area contributed by atoms with E-state index in [0.717, 1.165) is 23.4 Å². The minimum Gasteiger partial charge on any atom is -0.364 e. The maximum absolute atomic E-state index is 4.18. The summed E-state index contributed by atoms with van der Waals surface area (Å²) in [6.45, 7) is 5.64. The molecule has 2 rings (SSSR count). The zero-order valence-corrected chi connectivity index (χ0v) is 10.4. The second-order valence-electron chi connectivity index (χ2n) is 3.82. The van der Waals surface area contributed by atoms with Gasteiger partial charge in [0.25, 0.3) is 0 Å². The fourth-order valence-electron chi connectivity index (χ4n) is 1.77. The Morgan fingerprint density at radius 1 is 1.60 bits per heavy atom. The summed E-state index contributed by atoms with van der Waals surface area (Å²) in [5, 5.41) is 3.40. The van der Waals surface area contributed by atoms with Gasteiger partial charge in [0.2, 0.25) is 0 Å². The van der Waals surface area contributed by atoms with E-state index in [-0.39, 0.29) is 0 Å². The third-order valence-corrected chi connectivity index (χ3v) is 3.09. The lowest BCUT2D eigenvalue weighted by molar-refractivity contribution is 0.162. The summed E-state index contributed by atoms with van der Waals surface area (Å²) in [5.41, 5.74) is 0. The molecule has 1 saturated heterocycles. The average Bonchev–Trinajstić information content (AvgIpc) is 2.18. The van der Waals surface area contributed by atoms with Gasteiger partial charge < -0.3 is 5.32 Å². The van der Waals surface area contributed by atoms with E-state index in [4.69, 9.17) is 0 Å². The number of anilines is 1. The Hall–Kier alpha value is -0.680. The number of aromatic nitrogens is 2. The molecule has 1 aliphatic rings. The predicted octanol–water partition coefficient (Wildman–Crippen LogP) is 1.75. The van der Waals surface area contributed by atoms with Crippen molar-refractivity contribution in [2.45, 2.75) is 19.4 Å². The molecule has 5 heteroatoms. The molecule has 0 bridgehead atoms. The van der Waals surface area contributed by atoms with Crippen molar-refractivity contribution in [1.29, 1.82) is 0 Å². The van der Waals surface area contributed by atoms with Gasteiger partial charge in [0.05, 0.1) is 10.5 Å². The molecule has 1 fully saturated rings. The molecule has 0 atom stereocenters. The molecule has 1 aromatic rings. The van der Waals surface area contributed by atoms with Crippen LogP contribution in [0.1, 0.15) is 13.3 Å².